The van der Waals surface area contributed by atoms with Crippen molar-refractivity contribution in [3.8, 4) is 5.75 Å². The molecule has 5 nitrogen and oxygen atoms in total. The van der Waals surface area contributed by atoms with Crippen molar-refractivity contribution < 1.29 is 14.3 Å². The largest absolute Gasteiger partial charge is 0.494 e. The van der Waals surface area contributed by atoms with Crippen molar-refractivity contribution >= 4 is 23.4 Å². The number of rotatable bonds is 11. The highest BCUT2D eigenvalue weighted by Gasteiger charge is 2.27. The van der Waals surface area contributed by atoms with Crippen LogP contribution in [0.3, 0.4) is 0 Å². The number of amides is 2. The quantitative estimate of drug-likeness (QED) is 0.447. The molecule has 2 aromatic rings. The first-order valence-electron chi connectivity index (χ1n) is 12.0. The first-order chi connectivity index (χ1) is 16.0. The maximum atomic E-state index is 13.1. The summed E-state index contributed by atoms with van der Waals surface area (Å²) in [5.41, 5.74) is 1.15. The number of benzene rings is 2. The average Bonchev–Trinajstić information content (AvgIpc) is 2.84. The van der Waals surface area contributed by atoms with Crippen molar-refractivity contribution in [3.05, 3.63) is 65.2 Å². The van der Waals surface area contributed by atoms with E-state index in [1.807, 2.05) is 37.3 Å². The van der Waals surface area contributed by atoms with Gasteiger partial charge in [0, 0.05) is 24.0 Å². The Morgan fingerprint density at radius 1 is 1.06 bits per heavy atom. The molecule has 0 radical (unpaired) electrons. The summed E-state index contributed by atoms with van der Waals surface area (Å²) in [4.78, 5) is 27.8. The van der Waals surface area contributed by atoms with Gasteiger partial charge < -0.3 is 15.0 Å². The van der Waals surface area contributed by atoms with Crippen LogP contribution >= 0.6 is 11.6 Å². The molecule has 1 fully saturated rings. The van der Waals surface area contributed by atoms with Crippen molar-refractivity contribution in [3.63, 3.8) is 0 Å². The predicted octanol–water partition coefficient (Wildman–Crippen LogP) is 5.41. The lowest BCUT2D eigenvalue weighted by atomic mass is 9.95. The molecule has 0 spiro atoms. The zero-order valence-electron chi connectivity index (χ0n) is 19.5. The lowest BCUT2D eigenvalue weighted by Crippen LogP contribution is -2.51. The van der Waals surface area contributed by atoms with Crippen LogP contribution in [0, 0.1) is 0 Å². The Morgan fingerprint density at radius 2 is 1.76 bits per heavy atom. The molecular weight excluding hydrogens is 436 g/mol. The van der Waals surface area contributed by atoms with Crippen molar-refractivity contribution in [2.75, 3.05) is 13.2 Å². The second-order valence-electron chi connectivity index (χ2n) is 8.75. The molecule has 0 unspecified atom stereocenters. The summed E-state index contributed by atoms with van der Waals surface area (Å²) >= 11 is 5.90. The fourth-order valence-corrected chi connectivity index (χ4v) is 4.35. The molecule has 1 saturated carbocycles. The van der Waals surface area contributed by atoms with E-state index in [-0.39, 0.29) is 17.9 Å². The summed E-state index contributed by atoms with van der Waals surface area (Å²) in [5, 5.41) is 3.84. The Labute approximate surface area is 202 Å². The topological polar surface area (TPSA) is 58.6 Å². The highest BCUT2D eigenvalue weighted by molar-refractivity contribution is 6.30. The van der Waals surface area contributed by atoms with Crippen LogP contribution in [0.15, 0.2) is 54.6 Å². The Kier molecular flexibility index (Phi) is 10.1. The highest BCUT2D eigenvalue weighted by Crippen LogP contribution is 2.19. The van der Waals surface area contributed by atoms with E-state index >= 15 is 0 Å². The van der Waals surface area contributed by atoms with Crippen molar-refractivity contribution in [2.45, 2.75) is 70.4 Å². The van der Waals surface area contributed by atoms with Crippen LogP contribution in [-0.4, -0.2) is 41.9 Å². The number of hydrogen-bond donors (Lipinski definition) is 1. The molecule has 178 valence electrons. The van der Waals surface area contributed by atoms with Crippen LogP contribution in [0.1, 0.15) is 57.4 Å². The molecule has 1 N–H and O–H groups in total. The van der Waals surface area contributed by atoms with E-state index in [1.165, 1.54) is 6.42 Å². The summed E-state index contributed by atoms with van der Waals surface area (Å²) < 4.78 is 5.72. The molecule has 0 aromatic heterocycles. The van der Waals surface area contributed by atoms with E-state index < -0.39 is 6.04 Å². The first-order valence-corrected chi connectivity index (χ1v) is 12.4. The number of ether oxygens (including phenoxy) is 1. The third-order valence-corrected chi connectivity index (χ3v) is 6.47. The van der Waals surface area contributed by atoms with E-state index in [4.69, 9.17) is 16.3 Å². The van der Waals surface area contributed by atoms with Gasteiger partial charge in [-0.25, -0.2) is 0 Å². The maximum absolute atomic E-state index is 13.1. The number of carbonyl (C=O) groups excluding carboxylic acids is 2. The Balaban J connectivity index is 1.55. The Hall–Kier alpha value is -2.53. The van der Waals surface area contributed by atoms with Gasteiger partial charge in [-0.15, -0.1) is 0 Å². The summed E-state index contributed by atoms with van der Waals surface area (Å²) in [5.74, 6) is 0.658. The van der Waals surface area contributed by atoms with E-state index in [2.05, 4.69) is 17.4 Å². The van der Waals surface area contributed by atoms with Gasteiger partial charge >= 0.3 is 0 Å². The molecule has 1 aliphatic carbocycles. The van der Waals surface area contributed by atoms with Crippen molar-refractivity contribution in [2.24, 2.45) is 0 Å². The van der Waals surface area contributed by atoms with E-state index in [0.29, 0.717) is 31.0 Å². The van der Waals surface area contributed by atoms with Gasteiger partial charge in [0.25, 0.3) is 0 Å². The minimum Gasteiger partial charge on any atom is -0.494 e. The van der Waals surface area contributed by atoms with Gasteiger partial charge in [0.2, 0.25) is 11.8 Å². The molecule has 0 bridgehead atoms. The standard InChI is InChI=1S/C27H35ClN2O3/c1-21(27(32)29-24-11-6-3-7-12-24)30(19-18-22-9-4-2-5-10-22)26(31)13-8-20-33-25-16-14-23(28)15-17-25/h2,4-5,9-10,14-17,21,24H,3,6-8,11-13,18-20H2,1H3,(H,29,32)/t21-/m1/s1. The molecule has 33 heavy (non-hydrogen) atoms. The van der Waals surface area contributed by atoms with Gasteiger partial charge in [-0.05, 0) is 62.4 Å². The fourth-order valence-electron chi connectivity index (χ4n) is 4.23. The molecular formula is C27H35ClN2O3. The van der Waals surface area contributed by atoms with Crippen molar-refractivity contribution in [1.29, 1.82) is 0 Å². The van der Waals surface area contributed by atoms with Crippen LogP contribution in [-0.2, 0) is 16.0 Å². The van der Waals surface area contributed by atoms with Crippen LogP contribution < -0.4 is 10.1 Å². The van der Waals surface area contributed by atoms with Gasteiger partial charge in [0.15, 0.2) is 0 Å². The van der Waals surface area contributed by atoms with Gasteiger partial charge in [0.1, 0.15) is 11.8 Å². The average molecular weight is 471 g/mol. The summed E-state index contributed by atoms with van der Waals surface area (Å²) in [6.07, 6.45) is 7.24. The SMILES string of the molecule is C[C@H](C(=O)NC1CCCCC1)N(CCc1ccccc1)C(=O)CCCOc1ccc(Cl)cc1. The number of nitrogens with one attached hydrogen (secondary N) is 1. The molecule has 1 atom stereocenters. The van der Waals surface area contributed by atoms with E-state index in [1.54, 1.807) is 17.0 Å². The minimum atomic E-state index is -0.500. The number of carbonyl (C=O) groups is 2. The van der Waals surface area contributed by atoms with Gasteiger partial charge in [-0.1, -0.05) is 61.2 Å². The van der Waals surface area contributed by atoms with Gasteiger partial charge in [-0.3, -0.25) is 9.59 Å². The van der Waals surface area contributed by atoms with Gasteiger partial charge in [-0.2, -0.15) is 0 Å². The number of nitrogens with zero attached hydrogens (tertiary/aromatic N) is 1. The molecule has 0 heterocycles. The molecule has 2 amide bonds. The summed E-state index contributed by atoms with van der Waals surface area (Å²) in [6.45, 7) is 2.79. The molecule has 2 aromatic carbocycles. The fraction of sp³-hybridized carbons (Fsp3) is 0.481. The minimum absolute atomic E-state index is 0.0167. The molecule has 6 heteroatoms. The van der Waals surface area contributed by atoms with Crippen LogP contribution in [0.5, 0.6) is 5.75 Å². The third-order valence-electron chi connectivity index (χ3n) is 6.22. The normalized spacial score (nSPS) is 15.0. The van der Waals surface area contributed by atoms with Gasteiger partial charge in [0.05, 0.1) is 6.61 Å². The molecule has 0 saturated heterocycles. The zero-order chi connectivity index (χ0) is 23.5. The molecule has 3 rings (SSSR count). The van der Waals surface area contributed by atoms with Crippen LogP contribution in [0.2, 0.25) is 5.02 Å². The first kappa shape index (κ1) is 25.1. The third kappa shape index (κ3) is 8.39. The molecule has 1 aliphatic rings. The van der Waals surface area contributed by atoms with E-state index in [9.17, 15) is 9.59 Å². The second kappa shape index (κ2) is 13.2. The smallest absolute Gasteiger partial charge is 0.242 e. The van der Waals surface area contributed by atoms with Crippen LogP contribution in [0.25, 0.3) is 0 Å². The second-order valence-corrected chi connectivity index (χ2v) is 9.18. The van der Waals surface area contributed by atoms with Crippen LogP contribution in [0.4, 0.5) is 0 Å². The van der Waals surface area contributed by atoms with E-state index in [0.717, 1.165) is 43.4 Å². The molecule has 0 aliphatic heterocycles. The summed E-state index contributed by atoms with van der Waals surface area (Å²) in [7, 11) is 0. The monoisotopic (exact) mass is 470 g/mol. The predicted molar refractivity (Wildman–Crippen MR) is 133 cm³/mol. The Morgan fingerprint density at radius 3 is 2.45 bits per heavy atom. The number of halogens is 1. The zero-order valence-corrected chi connectivity index (χ0v) is 20.2. The highest BCUT2D eigenvalue weighted by atomic mass is 35.5. The lowest BCUT2D eigenvalue weighted by molar-refractivity contribution is -0.140. The summed E-state index contributed by atoms with van der Waals surface area (Å²) in [6, 6.07) is 17.0. The van der Waals surface area contributed by atoms with Crippen molar-refractivity contribution in [1.82, 2.24) is 10.2 Å². The Bertz CT molecular complexity index is 867. The number of hydrogen-bond acceptors (Lipinski definition) is 3. The maximum Gasteiger partial charge on any atom is 0.242 e. The lowest BCUT2D eigenvalue weighted by Gasteiger charge is -2.31.